The molecule has 0 radical (unpaired) electrons. The number of hydrogen-bond acceptors (Lipinski definition) is 4. The minimum absolute atomic E-state index is 0.349. The van der Waals surface area contributed by atoms with Gasteiger partial charge < -0.3 is 15.4 Å². The van der Waals surface area contributed by atoms with Gasteiger partial charge in [-0.3, -0.25) is 9.78 Å². The quantitative estimate of drug-likeness (QED) is 0.905. The van der Waals surface area contributed by atoms with Crippen LogP contribution in [-0.4, -0.2) is 41.1 Å². The van der Waals surface area contributed by atoms with Crippen LogP contribution in [0.1, 0.15) is 43.1 Å². The lowest BCUT2D eigenvalue weighted by molar-refractivity contribution is 0.0301. The van der Waals surface area contributed by atoms with Crippen LogP contribution >= 0.6 is 0 Å². The van der Waals surface area contributed by atoms with Crippen molar-refractivity contribution in [3.8, 4) is 0 Å². The van der Waals surface area contributed by atoms with E-state index in [2.05, 4.69) is 4.98 Å². The monoisotopic (exact) mass is 305 g/mol. The van der Waals surface area contributed by atoms with E-state index in [1.54, 1.807) is 19.3 Å². The topological polar surface area (TPSA) is 85.5 Å². The molecule has 1 heterocycles. The van der Waals surface area contributed by atoms with Crippen LogP contribution in [0.25, 0.3) is 6.08 Å². The van der Waals surface area contributed by atoms with Crippen LogP contribution in [0.5, 0.6) is 0 Å². The summed E-state index contributed by atoms with van der Waals surface area (Å²) in [6.07, 6.45) is 7.12. The Bertz CT molecular complexity index is 562. The fourth-order valence-electron chi connectivity index (χ4n) is 1.60. The molecule has 2 N–H and O–H groups in total. The van der Waals surface area contributed by atoms with E-state index < -0.39 is 11.5 Å². The number of aromatic nitrogens is 1. The van der Waals surface area contributed by atoms with E-state index in [4.69, 9.17) is 10.5 Å². The molecular weight excluding hydrogens is 282 g/mol. The molecular formula is C16H23N3O3. The second kappa shape index (κ2) is 7.59. The highest BCUT2D eigenvalue weighted by atomic mass is 16.6. The van der Waals surface area contributed by atoms with Gasteiger partial charge in [0.2, 0.25) is 5.91 Å². The minimum atomic E-state index is -0.507. The predicted molar refractivity (Wildman–Crippen MR) is 85.3 cm³/mol. The average Bonchev–Trinajstić information content (AvgIpc) is 2.41. The maximum Gasteiger partial charge on any atom is 0.410 e. The molecule has 120 valence electrons. The molecule has 0 atom stereocenters. The van der Waals surface area contributed by atoms with Gasteiger partial charge in [0.1, 0.15) is 5.60 Å². The lowest BCUT2D eigenvalue weighted by atomic mass is 10.2. The van der Waals surface area contributed by atoms with Gasteiger partial charge in [0.25, 0.3) is 0 Å². The van der Waals surface area contributed by atoms with Crippen molar-refractivity contribution in [2.24, 2.45) is 5.73 Å². The van der Waals surface area contributed by atoms with Crippen molar-refractivity contribution < 1.29 is 14.3 Å². The van der Waals surface area contributed by atoms with Crippen LogP contribution in [0.15, 0.2) is 24.5 Å². The van der Waals surface area contributed by atoms with Gasteiger partial charge in [0.05, 0.1) is 5.56 Å². The normalized spacial score (nSPS) is 11.5. The van der Waals surface area contributed by atoms with Gasteiger partial charge in [0.15, 0.2) is 0 Å². The summed E-state index contributed by atoms with van der Waals surface area (Å²) in [6, 6.07) is 1.67. The first kappa shape index (κ1) is 17.7. The molecule has 1 aromatic rings. The van der Waals surface area contributed by atoms with Gasteiger partial charge in [-0.25, -0.2) is 4.79 Å². The lowest BCUT2D eigenvalue weighted by Gasteiger charge is -2.24. The zero-order valence-corrected chi connectivity index (χ0v) is 13.5. The van der Waals surface area contributed by atoms with Crippen LogP contribution in [0.4, 0.5) is 4.79 Å². The van der Waals surface area contributed by atoms with E-state index in [9.17, 15) is 9.59 Å². The van der Waals surface area contributed by atoms with E-state index in [-0.39, 0.29) is 6.09 Å². The number of nitrogens with two attached hydrogens (primary N) is 1. The van der Waals surface area contributed by atoms with E-state index in [1.807, 2.05) is 32.9 Å². The van der Waals surface area contributed by atoms with Crippen molar-refractivity contribution in [3.05, 3.63) is 35.7 Å². The second-order valence-corrected chi connectivity index (χ2v) is 5.96. The van der Waals surface area contributed by atoms with Crippen molar-refractivity contribution in [3.63, 3.8) is 0 Å². The van der Waals surface area contributed by atoms with Gasteiger partial charge in [-0.15, -0.1) is 0 Å². The first-order valence-corrected chi connectivity index (χ1v) is 7.04. The fourth-order valence-corrected chi connectivity index (χ4v) is 1.60. The van der Waals surface area contributed by atoms with Crippen molar-refractivity contribution in [2.45, 2.75) is 32.8 Å². The van der Waals surface area contributed by atoms with Crippen LogP contribution in [0.2, 0.25) is 0 Å². The van der Waals surface area contributed by atoms with Crippen molar-refractivity contribution >= 4 is 18.1 Å². The summed E-state index contributed by atoms with van der Waals surface area (Å²) in [7, 11) is 1.69. The SMILES string of the molecule is CN(CC/C=C/c1cncc(C(N)=O)c1)C(=O)OC(C)(C)C. The molecule has 6 heteroatoms. The second-order valence-electron chi connectivity index (χ2n) is 5.96. The van der Waals surface area contributed by atoms with Crippen LogP contribution in [0.3, 0.4) is 0 Å². The Kier molecular flexibility index (Phi) is 6.10. The molecule has 0 saturated heterocycles. The predicted octanol–water partition coefficient (Wildman–Crippen LogP) is 2.45. The Morgan fingerprint density at radius 3 is 2.64 bits per heavy atom. The molecule has 6 nitrogen and oxygen atoms in total. The molecule has 1 aromatic heterocycles. The molecule has 0 spiro atoms. The highest BCUT2D eigenvalue weighted by Gasteiger charge is 2.18. The van der Waals surface area contributed by atoms with Crippen LogP contribution in [0, 0.1) is 0 Å². The Balaban J connectivity index is 2.48. The maximum absolute atomic E-state index is 11.8. The molecule has 0 aliphatic heterocycles. The molecule has 0 unspecified atom stereocenters. The number of amides is 2. The third-order valence-corrected chi connectivity index (χ3v) is 2.69. The Morgan fingerprint density at radius 1 is 1.36 bits per heavy atom. The molecule has 0 aromatic carbocycles. The highest BCUT2D eigenvalue weighted by molar-refractivity contribution is 5.92. The summed E-state index contributed by atoms with van der Waals surface area (Å²) in [4.78, 5) is 28.3. The summed E-state index contributed by atoms with van der Waals surface area (Å²) in [5, 5.41) is 0. The van der Waals surface area contributed by atoms with Crippen LogP contribution in [-0.2, 0) is 4.74 Å². The number of ether oxygens (including phenoxy) is 1. The molecule has 22 heavy (non-hydrogen) atoms. The fraction of sp³-hybridized carbons (Fsp3) is 0.438. The minimum Gasteiger partial charge on any atom is -0.444 e. The average molecular weight is 305 g/mol. The van der Waals surface area contributed by atoms with E-state index in [0.29, 0.717) is 18.5 Å². The maximum atomic E-state index is 11.8. The first-order chi connectivity index (χ1) is 10.2. The van der Waals surface area contributed by atoms with E-state index in [0.717, 1.165) is 5.56 Å². The van der Waals surface area contributed by atoms with Gasteiger partial charge in [-0.2, -0.15) is 0 Å². The smallest absolute Gasteiger partial charge is 0.410 e. The van der Waals surface area contributed by atoms with Crippen molar-refractivity contribution in [1.29, 1.82) is 0 Å². The molecule has 0 saturated carbocycles. The number of nitrogens with zero attached hydrogens (tertiary/aromatic N) is 2. The zero-order valence-electron chi connectivity index (χ0n) is 13.5. The number of primary amides is 1. The van der Waals surface area contributed by atoms with Crippen LogP contribution < -0.4 is 5.73 Å². The summed E-state index contributed by atoms with van der Waals surface area (Å²) in [5.74, 6) is -0.507. The number of carbonyl (C=O) groups excluding carboxylic acids is 2. The van der Waals surface area contributed by atoms with E-state index >= 15 is 0 Å². The summed E-state index contributed by atoms with van der Waals surface area (Å²) in [5.41, 5.74) is 5.86. The van der Waals surface area contributed by atoms with Gasteiger partial charge >= 0.3 is 6.09 Å². The lowest BCUT2D eigenvalue weighted by Crippen LogP contribution is -2.34. The molecule has 1 rings (SSSR count). The van der Waals surface area contributed by atoms with Gasteiger partial charge in [-0.1, -0.05) is 12.2 Å². The zero-order chi connectivity index (χ0) is 16.8. The van der Waals surface area contributed by atoms with E-state index in [1.165, 1.54) is 11.1 Å². The summed E-state index contributed by atoms with van der Waals surface area (Å²) in [6.45, 7) is 6.03. The van der Waals surface area contributed by atoms with Crippen molar-refractivity contribution in [2.75, 3.05) is 13.6 Å². The molecule has 2 amide bonds. The summed E-state index contributed by atoms with van der Waals surface area (Å²) < 4.78 is 5.26. The number of pyridine rings is 1. The Hall–Kier alpha value is -2.37. The summed E-state index contributed by atoms with van der Waals surface area (Å²) >= 11 is 0. The Labute approximate surface area is 131 Å². The standard InChI is InChI=1S/C16H23N3O3/c1-16(2,3)22-15(21)19(4)8-6-5-7-12-9-13(14(17)20)11-18-10-12/h5,7,9-11H,6,8H2,1-4H3,(H2,17,20)/b7-5+. The number of carbonyl (C=O) groups is 2. The highest BCUT2D eigenvalue weighted by Crippen LogP contribution is 2.10. The first-order valence-electron chi connectivity index (χ1n) is 7.04. The molecule has 0 aliphatic carbocycles. The third kappa shape index (κ3) is 6.39. The number of rotatable bonds is 5. The van der Waals surface area contributed by atoms with Crippen molar-refractivity contribution in [1.82, 2.24) is 9.88 Å². The largest absolute Gasteiger partial charge is 0.444 e. The van der Waals surface area contributed by atoms with Gasteiger partial charge in [-0.05, 0) is 38.8 Å². The third-order valence-electron chi connectivity index (χ3n) is 2.69. The Morgan fingerprint density at radius 2 is 2.05 bits per heavy atom. The molecule has 0 aliphatic rings. The molecule has 0 fully saturated rings. The molecule has 0 bridgehead atoms. The number of hydrogen-bond donors (Lipinski definition) is 1. The van der Waals surface area contributed by atoms with Gasteiger partial charge in [0, 0.05) is 26.0 Å².